The lowest BCUT2D eigenvalue weighted by Gasteiger charge is -2.48. The molecule has 3 aliphatic rings. The maximum atomic E-state index is 10.8. The van der Waals surface area contributed by atoms with Crippen molar-refractivity contribution in [3.05, 3.63) is 0 Å². The number of hydrogen-bond acceptors (Lipinski definition) is 16. The Morgan fingerprint density at radius 3 is 1.44 bits per heavy atom. The van der Waals surface area contributed by atoms with E-state index in [0.29, 0.717) is 6.42 Å². The summed E-state index contributed by atoms with van der Waals surface area (Å²) in [6.07, 6.45) is -21.3. The molecule has 3 fully saturated rings. The van der Waals surface area contributed by atoms with Crippen LogP contribution in [0.2, 0.25) is 0 Å². The van der Waals surface area contributed by atoms with Crippen molar-refractivity contribution in [3.63, 3.8) is 0 Å². The van der Waals surface area contributed by atoms with E-state index in [1.165, 1.54) is 0 Å². The highest BCUT2D eigenvalue weighted by atomic mass is 16.8. The quantitative estimate of drug-likeness (QED) is 0.0976. The molecule has 10 N–H and O–H groups in total. The van der Waals surface area contributed by atoms with Gasteiger partial charge in [-0.15, -0.1) is 0 Å². The molecule has 16 heteroatoms. The zero-order valence-corrected chi connectivity index (χ0v) is 21.5. The lowest BCUT2D eigenvalue weighted by molar-refractivity contribution is -0.379. The molecule has 0 amide bonds. The third-order valence-electron chi connectivity index (χ3n) is 7.10. The van der Waals surface area contributed by atoms with Crippen LogP contribution in [0.5, 0.6) is 0 Å². The first kappa shape index (κ1) is 32.9. The second-order valence-corrected chi connectivity index (χ2v) is 9.89. The fraction of sp³-hybridized carbons (Fsp3) is 1.00. The van der Waals surface area contributed by atoms with Gasteiger partial charge in [-0.25, -0.2) is 0 Å². The van der Waals surface area contributed by atoms with E-state index < -0.39 is 112 Å². The summed E-state index contributed by atoms with van der Waals surface area (Å²) < 4.78 is 32.9. The van der Waals surface area contributed by atoms with Gasteiger partial charge < -0.3 is 79.5 Å². The van der Waals surface area contributed by atoms with Crippen molar-refractivity contribution in [2.45, 2.75) is 118 Å². The Bertz CT molecular complexity index is 712. The second kappa shape index (κ2) is 15.0. The van der Waals surface area contributed by atoms with E-state index in [1.54, 1.807) is 0 Å². The number of aliphatic hydroxyl groups is 10. The van der Waals surface area contributed by atoms with E-state index in [9.17, 15) is 51.1 Å². The molecule has 3 rings (SSSR count). The molecule has 0 aromatic carbocycles. The van der Waals surface area contributed by atoms with Gasteiger partial charge in [0.25, 0.3) is 0 Å². The fourth-order valence-electron chi connectivity index (χ4n) is 4.73. The van der Waals surface area contributed by atoms with E-state index >= 15 is 0 Å². The molecule has 0 aromatic heterocycles. The van der Waals surface area contributed by atoms with E-state index in [-0.39, 0.29) is 6.61 Å². The molecule has 0 aliphatic carbocycles. The minimum absolute atomic E-state index is 0.247. The standard InChI is InChI=1S/C23H42O16/c1-2-3-4-5-34-21-17(32)14(29)19(10(7-25)36-21)39-23-18(33)15(30)20(11(8-26)37-23)38-22-16(31)13(28)12(27)9(6-24)35-22/h9-33H,2-8H2,1H3/t9?,10?,11?,12-,13-,14+,15+,16?,17?,18?,19+,20-,21+,22-,23-/m0/s1. The molecule has 3 aliphatic heterocycles. The van der Waals surface area contributed by atoms with Gasteiger partial charge in [0.05, 0.1) is 19.8 Å². The van der Waals surface area contributed by atoms with Gasteiger partial charge in [0.1, 0.15) is 73.2 Å². The molecule has 0 aromatic rings. The molecule has 0 radical (unpaired) electrons. The SMILES string of the molecule is CCCCCO[C@@H]1OC(CO)[C@@H](O[C@@H]2OC(CO)[C@H](O[C@@H]3OC(CO)[C@H](O)[C@H](O)C3O)[C@H](O)C2O)[C@H](O)C1O. The summed E-state index contributed by atoms with van der Waals surface area (Å²) in [5.41, 5.74) is 0. The molecule has 15 atom stereocenters. The highest BCUT2D eigenvalue weighted by Gasteiger charge is 2.53. The highest BCUT2D eigenvalue weighted by molar-refractivity contribution is 4.96. The molecule has 3 heterocycles. The van der Waals surface area contributed by atoms with Crippen LogP contribution in [0, 0.1) is 0 Å². The number of hydrogen-bond donors (Lipinski definition) is 10. The fourth-order valence-corrected chi connectivity index (χ4v) is 4.73. The van der Waals surface area contributed by atoms with Crippen molar-refractivity contribution in [3.8, 4) is 0 Å². The Morgan fingerprint density at radius 1 is 0.513 bits per heavy atom. The zero-order valence-electron chi connectivity index (χ0n) is 21.5. The van der Waals surface area contributed by atoms with Crippen LogP contribution < -0.4 is 0 Å². The Hall–Kier alpha value is -0.640. The summed E-state index contributed by atoms with van der Waals surface area (Å²) >= 11 is 0. The van der Waals surface area contributed by atoms with Crippen molar-refractivity contribution in [1.82, 2.24) is 0 Å². The van der Waals surface area contributed by atoms with Crippen LogP contribution in [0.1, 0.15) is 26.2 Å². The van der Waals surface area contributed by atoms with Gasteiger partial charge in [0, 0.05) is 6.61 Å². The van der Waals surface area contributed by atoms with Crippen LogP contribution in [0.4, 0.5) is 0 Å². The Labute approximate surface area is 224 Å². The number of unbranched alkanes of at least 4 members (excludes halogenated alkanes) is 2. The van der Waals surface area contributed by atoms with Crippen LogP contribution >= 0.6 is 0 Å². The van der Waals surface area contributed by atoms with Gasteiger partial charge in [0.2, 0.25) is 0 Å². The van der Waals surface area contributed by atoms with E-state index in [2.05, 4.69) is 0 Å². The minimum atomic E-state index is -1.88. The first-order valence-electron chi connectivity index (χ1n) is 13.1. The lowest BCUT2D eigenvalue weighted by atomic mass is 9.96. The van der Waals surface area contributed by atoms with Gasteiger partial charge in [-0.3, -0.25) is 0 Å². The molecule has 0 bridgehead atoms. The third-order valence-corrected chi connectivity index (χ3v) is 7.10. The summed E-state index contributed by atoms with van der Waals surface area (Å²) in [7, 11) is 0. The normalized spacial score (nSPS) is 47.3. The van der Waals surface area contributed by atoms with Crippen molar-refractivity contribution < 1.29 is 79.5 Å². The summed E-state index contributed by atoms with van der Waals surface area (Å²) in [6.45, 7) is 0.0562. The topological polar surface area (TPSA) is 258 Å². The Morgan fingerprint density at radius 2 is 0.949 bits per heavy atom. The van der Waals surface area contributed by atoms with E-state index in [0.717, 1.165) is 12.8 Å². The van der Waals surface area contributed by atoms with Crippen LogP contribution in [-0.2, 0) is 28.4 Å². The van der Waals surface area contributed by atoms with Crippen LogP contribution in [0.15, 0.2) is 0 Å². The van der Waals surface area contributed by atoms with Crippen LogP contribution in [0.3, 0.4) is 0 Å². The van der Waals surface area contributed by atoms with Crippen molar-refractivity contribution in [2.24, 2.45) is 0 Å². The lowest BCUT2D eigenvalue weighted by Crippen LogP contribution is -2.66. The molecule has 16 nitrogen and oxygen atoms in total. The third kappa shape index (κ3) is 7.42. The van der Waals surface area contributed by atoms with Crippen LogP contribution in [-0.4, -0.2) is 170 Å². The molecule has 0 saturated carbocycles. The minimum Gasteiger partial charge on any atom is -0.394 e. The molecule has 39 heavy (non-hydrogen) atoms. The number of aliphatic hydroxyl groups excluding tert-OH is 10. The molecule has 0 spiro atoms. The average molecular weight is 575 g/mol. The smallest absolute Gasteiger partial charge is 0.187 e. The molecule has 3 saturated heterocycles. The van der Waals surface area contributed by atoms with Crippen LogP contribution in [0.25, 0.3) is 0 Å². The summed E-state index contributed by atoms with van der Waals surface area (Å²) in [5, 5.41) is 102. The molecular weight excluding hydrogens is 532 g/mol. The molecule has 6 unspecified atom stereocenters. The first-order valence-corrected chi connectivity index (χ1v) is 13.1. The average Bonchev–Trinajstić information content (AvgIpc) is 2.93. The Kier molecular flexibility index (Phi) is 12.7. The maximum Gasteiger partial charge on any atom is 0.187 e. The van der Waals surface area contributed by atoms with Crippen molar-refractivity contribution >= 4 is 0 Å². The van der Waals surface area contributed by atoms with Gasteiger partial charge in [-0.05, 0) is 6.42 Å². The van der Waals surface area contributed by atoms with Gasteiger partial charge in [0.15, 0.2) is 18.9 Å². The zero-order chi connectivity index (χ0) is 28.9. The summed E-state index contributed by atoms with van der Waals surface area (Å²) in [4.78, 5) is 0. The number of ether oxygens (including phenoxy) is 6. The van der Waals surface area contributed by atoms with Gasteiger partial charge in [-0.1, -0.05) is 19.8 Å². The van der Waals surface area contributed by atoms with Crippen molar-refractivity contribution in [1.29, 1.82) is 0 Å². The van der Waals surface area contributed by atoms with Gasteiger partial charge >= 0.3 is 0 Å². The monoisotopic (exact) mass is 574 g/mol. The largest absolute Gasteiger partial charge is 0.394 e. The van der Waals surface area contributed by atoms with Gasteiger partial charge in [-0.2, -0.15) is 0 Å². The second-order valence-electron chi connectivity index (χ2n) is 9.89. The summed E-state index contributed by atoms with van der Waals surface area (Å²) in [5.74, 6) is 0. The van der Waals surface area contributed by atoms with Crippen molar-refractivity contribution in [2.75, 3.05) is 26.4 Å². The highest BCUT2D eigenvalue weighted by Crippen LogP contribution is 2.32. The Balaban J connectivity index is 1.66. The maximum absolute atomic E-state index is 10.8. The summed E-state index contributed by atoms with van der Waals surface area (Å²) in [6, 6.07) is 0. The van der Waals surface area contributed by atoms with E-state index in [4.69, 9.17) is 28.4 Å². The van der Waals surface area contributed by atoms with E-state index in [1.807, 2.05) is 6.92 Å². The molecule has 230 valence electrons. The first-order chi connectivity index (χ1) is 18.6. The molecular formula is C23H42O16. The predicted octanol–water partition coefficient (Wildman–Crippen LogP) is -5.36. The number of rotatable bonds is 12. The predicted molar refractivity (Wildman–Crippen MR) is 125 cm³/mol.